The van der Waals surface area contributed by atoms with Gasteiger partial charge in [-0.3, -0.25) is 0 Å². The highest BCUT2D eigenvalue weighted by Crippen LogP contribution is 2.28. The molecular weight excluding hydrogens is 272 g/mol. The monoisotopic (exact) mass is 298 g/mol. The van der Waals surface area contributed by atoms with Gasteiger partial charge < -0.3 is 20.4 Å². The van der Waals surface area contributed by atoms with Gasteiger partial charge in [-0.05, 0) is 25.2 Å². The first-order valence-corrected chi connectivity index (χ1v) is 8.01. The van der Waals surface area contributed by atoms with Crippen molar-refractivity contribution in [2.24, 2.45) is 5.92 Å². The number of carboxylic acid groups (broad SMARTS) is 1. The van der Waals surface area contributed by atoms with E-state index < -0.39 is 18.1 Å². The fraction of sp³-hybridized carbons (Fsp3) is 0.867. The Morgan fingerprint density at radius 3 is 2.52 bits per heavy atom. The average Bonchev–Trinajstić information content (AvgIpc) is 2.88. The SMILES string of the molecule is CCC(NC(=O)N1CC(O)CC1C(=O)O)C1CCCCC1. The molecule has 1 aliphatic carbocycles. The quantitative estimate of drug-likeness (QED) is 0.735. The lowest BCUT2D eigenvalue weighted by Gasteiger charge is -2.32. The summed E-state index contributed by atoms with van der Waals surface area (Å²) in [5.74, 6) is -0.559. The van der Waals surface area contributed by atoms with Crippen molar-refractivity contribution >= 4 is 12.0 Å². The molecule has 3 unspecified atom stereocenters. The second kappa shape index (κ2) is 7.11. The lowest BCUT2D eigenvalue weighted by Crippen LogP contribution is -2.51. The molecule has 0 aromatic heterocycles. The van der Waals surface area contributed by atoms with Gasteiger partial charge in [-0.25, -0.2) is 9.59 Å². The minimum atomic E-state index is -1.05. The molecule has 3 atom stereocenters. The van der Waals surface area contributed by atoms with Crippen molar-refractivity contribution in [2.45, 2.75) is 70.1 Å². The zero-order valence-electron chi connectivity index (χ0n) is 12.6. The van der Waals surface area contributed by atoms with Crippen LogP contribution in [-0.2, 0) is 4.79 Å². The van der Waals surface area contributed by atoms with Crippen molar-refractivity contribution in [3.8, 4) is 0 Å². The van der Waals surface area contributed by atoms with Crippen LogP contribution in [-0.4, -0.2) is 51.8 Å². The summed E-state index contributed by atoms with van der Waals surface area (Å²) in [5.41, 5.74) is 0. The standard InChI is InChI=1S/C15H26N2O4/c1-2-12(10-6-4-3-5-7-10)16-15(21)17-9-11(18)8-13(17)14(19)20/h10-13,18H,2-9H2,1H3,(H,16,21)(H,19,20). The number of rotatable bonds is 4. The summed E-state index contributed by atoms with van der Waals surface area (Å²) in [5, 5.41) is 21.8. The van der Waals surface area contributed by atoms with Crippen LogP contribution in [0.3, 0.4) is 0 Å². The summed E-state index contributed by atoms with van der Waals surface area (Å²) in [6.07, 6.45) is 6.15. The number of aliphatic carboxylic acids is 1. The molecule has 1 saturated carbocycles. The lowest BCUT2D eigenvalue weighted by atomic mass is 9.83. The fourth-order valence-electron chi connectivity index (χ4n) is 3.60. The van der Waals surface area contributed by atoms with Gasteiger partial charge in [0.15, 0.2) is 0 Å². The number of carboxylic acids is 1. The molecule has 6 nitrogen and oxygen atoms in total. The van der Waals surface area contributed by atoms with Gasteiger partial charge in [0, 0.05) is 19.0 Å². The van der Waals surface area contributed by atoms with Crippen LogP contribution in [0.2, 0.25) is 0 Å². The first-order chi connectivity index (χ1) is 10.0. The third-order valence-electron chi connectivity index (χ3n) is 4.79. The van der Waals surface area contributed by atoms with Crippen molar-refractivity contribution in [1.29, 1.82) is 0 Å². The van der Waals surface area contributed by atoms with Crippen LogP contribution in [0.4, 0.5) is 4.79 Å². The molecule has 2 rings (SSSR count). The van der Waals surface area contributed by atoms with E-state index in [1.165, 1.54) is 24.2 Å². The number of aliphatic hydroxyl groups is 1. The molecule has 3 N–H and O–H groups in total. The van der Waals surface area contributed by atoms with E-state index in [2.05, 4.69) is 5.32 Å². The number of carbonyl (C=O) groups excluding carboxylic acids is 1. The highest BCUT2D eigenvalue weighted by Gasteiger charge is 2.39. The highest BCUT2D eigenvalue weighted by atomic mass is 16.4. The van der Waals surface area contributed by atoms with E-state index in [4.69, 9.17) is 5.11 Å². The van der Waals surface area contributed by atoms with Crippen LogP contribution in [0.5, 0.6) is 0 Å². The van der Waals surface area contributed by atoms with Gasteiger partial charge in [-0.15, -0.1) is 0 Å². The van der Waals surface area contributed by atoms with Crippen LogP contribution >= 0.6 is 0 Å². The van der Waals surface area contributed by atoms with E-state index in [0.29, 0.717) is 5.92 Å². The molecule has 21 heavy (non-hydrogen) atoms. The minimum Gasteiger partial charge on any atom is -0.480 e. The Hall–Kier alpha value is -1.30. The second-order valence-corrected chi connectivity index (χ2v) is 6.26. The average molecular weight is 298 g/mol. The number of hydrogen-bond acceptors (Lipinski definition) is 3. The van der Waals surface area contributed by atoms with E-state index in [0.717, 1.165) is 19.3 Å². The summed E-state index contributed by atoms with van der Waals surface area (Å²) in [4.78, 5) is 24.8. The molecule has 0 aromatic rings. The number of amides is 2. The summed E-state index contributed by atoms with van der Waals surface area (Å²) in [7, 11) is 0. The third kappa shape index (κ3) is 3.87. The van der Waals surface area contributed by atoms with Crippen molar-refractivity contribution in [1.82, 2.24) is 10.2 Å². The van der Waals surface area contributed by atoms with Crippen LogP contribution in [0.25, 0.3) is 0 Å². The first-order valence-electron chi connectivity index (χ1n) is 8.01. The summed E-state index contributed by atoms with van der Waals surface area (Å²) in [6.45, 7) is 2.15. The Morgan fingerprint density at radius 1 is 1.29 bits per heavy atom. The van der Waals surface area contributed by atoms with E-state index in [-0.39, 0.29) is 25.0 Å². The molecule has 0 radical (unpaired) electrons. The number of hydrogen-bond donors (Lipinski definition) is 3. The lowest BCUT2D eigenvalue weighted by molar-refractivity contribution is -0.141. The molecular formula is C15H26N2O4. The maximum absolute atomic E-state index is 12.4. The highest BCUT2D eigenvalue weighted by molar-refractivity contribution is 5.83. The number of carbonyl (C=O) groups is 2. The van der Waals surface area contributed by atoms with Crippen molar-refractivity contribution in [3.05, 3.63) is 0 Å². The number of β-amino-alcohol motifs (C(OH)–C–C–N with tert-alkyl or cyclic N) is 1. The van der Waals surface area contributed by atoms with Gasteiger partial charge in [0.2, 0.25) is 0 Å². The van der Waals surface area contributed by atoms with Gasteiger partial charge in [-0.2, -0.15) is 0 Å². The molecule has 1 saturated heterocycles. The molecule has 0 spiro atoms. The molecule has 2 fully saturated rings. The molecule has 0 bridgehead atoms. The van der Waals surface area contributed by atoms with Gasteiger partial charge in [0.05, 0.1) is 6.10 Å². The Morgan fingerprint density at radius 2 is 1.95 bits per heavy atom. The molecule has 120 valence electrons. The Kier molecular flexibility index (Phi) is 5.45. The summed E-state index contributed by atoms with van der Waals surface area (Å²) in [6, 6.07) is -1.16. The largest absolute Gasteiger partial charge is 0.480 e. The minimum absolute atomic E-state index is 0.101. The van der Waals surface area contributed by atoms with Crippen molar-refractivity contribution in [2.75, 3.05) is 6.54 Å². The molecule has 2 amide bonds. The second-order valence-electron chi connectivity index (χ2n) is 6.26. The van der Waals surface area contributed by atoms with E-state index in [1.54, 1.807) is 0 Å². The van der Waals surface area contributed by atoms with Crippen LogP contribution in [0, 0.1) is 5.92 Å². The zero-order valence-corrected chi connectivity index (χ0v) is 12.6. The van der Waals surface area contributed by atoms with Gasteiger partial charge in [0.25, 0.3) is 0 Å². The van der Waals surface area contributed by atoms with E-state index in [9.17, 15) is 14.7 Å². The number of nitrogens with zero attached hydrogens (tertiary/aromatic N) is 1. The Bertz CT molecular complexity index is 382. The molecule has 2 aliphatic rings. The Labute approximate surface area is 125 Å². The fourth-order valence-corrected chi connectivity index (χ4v) is 3.60. The van der Waals surface area contributed by atoms with Crippen LogP contribution in [0.15, 0.2) is 0 Å². The van der Waals surface area contributed by atoms with Gasteiger partial charge in [-0.1, -0.05) is 26.2 Å². The normalized spacial score (nSPS) is 28.4. The number of urea groups is 1. The van der Waals surface area contributed by atoms with E-state index >= 15 is 0 Å². The molecule has 6 heteroatoms. The first kappa shape index (κ1) is 16.1. The number of likely N-dealkylation sites (tertiary alicyclic amines) is 1. The summed E-state index contributed by atoms with van der Waals surface area (Å²) < 4.78 is 0. The molecule has 1 heterocycles. The van der Waals surface area contributed by atoms with Gasteiger partial charge >= 0.3 is 12.0 Å². The molecule has 1 aliphatic heterocycles. The van der Waals surface area contributed by atoms with Crippen molar-refractivity contribution < 1.29 is 19.8 Å². The third-order valence-corrected chi connectivity index (χ3v) is 4.79. The van der Waals surface area contributed by atoms with Crippen LogP contribution < -0.4 is 5.32 Å². The number of nitrogens with one attached hydrogen (secondary N) is 1. The predicted octanol–water partition coefficient (Wildman–Crippen LogP) is 1.57. The maximum Gasteiger partial charge on any atom is 0.326 e. The molecule has 0 aromatic carbocycles. The topological polar surface area (TPSA) is 89.9 Å². The smallest absolute Gasteiger partial charge is 0.326 e. The Balaban J connectivity index is 1.96. The van der Waals surface area contributed by atoms with Crippen molar-refractivity contribution in [3.63, 3.8) is 0 Å². The van der Waals surface area contributed by atoms with E-state index in [1.807, 2.05) is 6.92 Å². The predicted molar refractivity (Wildman–Crippen MR) is 77.9 cm³/mol. The van der Waals surface area contributed by atoms with Gasteiger partial charge in [0.1, 0.15) is 6.04 Å². The number of aliphatic hydroxyl groups excluding tert-OH is 1. The maximum atomic E-state index is 12.4. The van der Waals surface area contributed by atoms with Crippen LogP contribution in [0.1, 0.15) is 51.9 Å². The zero-order chi connectivity index (χ0) is 15.4. The summed E-state index contributed by atoms with van der Waals surface area (Å²) >= 11 is 0.